The highest BCUT2D eigenvalue weighted by Gasteiger charge is 2.39. The monoisotopic (exact) mass is 299 g/mol. The molecule has 3 nitrogen and oxygen atoms in total. The number of benzene rings is 2. The quantitative estimate of drug-likeness (QED) is 0.735. The van der Waals surface area contributed by atoms with Crippen molar-refractivity contribution >= 4 is 0 Å². The number of phenols is 2. The Morgan fingerprint density at radius 2 is 1.91 bits per heavy atom. The van der Waals surface area contributed by atoms with Crippen LogP contribution in [-0.2, 0) is 13.0 Å². The predicted octanol–water partition coefficient (Wildman–Crippen LogP) is 3.13. The van der Waals surface area contributed by atoms with Crippen molar-refractivity contribution in [3.63, 3.8) is 0 Å². The maximum atomic E-state index is 14.2. The Labute approximate surface area is 128 Å². The molecular formula is C18H18FNO2. The second kappa shape index (κ2) is 4.71. The summed E-state index contributed by atoms with van der Waals surface area (Å²) in [6.07, 6.45) is 1.83. The van der Waals surface area contributed by atoms with Gasteiger partial charge in [-0.1, -0.05) is 12.1 Å². The Hall–Kier alpha value is -2.07. The molecule has 1 aliphatic carbocycles. The van der Waals surface area contributed by atoms with E-state index < -0.39 is 0 Å². The van der Waals surface area contributed by atoms with Gasteiger partial charge in [-0.05, 0) is 54.8 Å². The van der Waals surface area contributed by atoms with Gasteiger partial charge in [0.1, 0.15) is 5.82 Å². The molecule has 0 spiro atoms. The second-order valence-electron chi connectivity index (χ2n) is 6.35. The van der Waals surface area contributed by atoms with Crippen molar-refractivity contribution in [1.82, 2.24) is 4.90 Å². The fraction of sp³-hybridized carbons (Fsp3) is 0.333. The number of fused-ring (bicyclic) bond motifs is 5. The summed E-state index contributed by atoms with van der Waals surface area (Å²) >= 11 is 0. The lowest BCUT2D eigenvalue weighted by Gasteiger charge is -2.44. The Bertz CT molecular complexity index is 759. The van der Waals surface area contributed by atoms with Crippen LogP contribution in [0.3, 0.4) is 0 Å². The van der Waals surface area contributed by atoms with Crippen LogP contribution in [0.5, 0.6) is 11.5 Å². The predicted molar refractivity (Wildman–Crippen MR) is 81.6 cm³/mol. The molecule has 0 unspecified atom stereocenters. The number of halogens is 1. The van der Waals surface area contributed by atoms with E-state index in [1.165, 1.54) is 6.07 Å². The second-order valence-corrected chi connectivity index (χ2v) is 6.35. The van der Waals surface area contributed by atoms with Crippen LogP contribution in [0, 0.1) is 5.82 Å². The summed E-state index contributed by atoms with van der Waals surface area (Å²) < 4.78 is 14.2. The van der Waals surface area contributed by atoms with Crippen molar-refractivity contribution in [2.24, 2.45) is 0 Å². The summed E-state index contributed by atoms with van der Waals surface area (Å²) in [5, 5.41) is 19.6. The van der Waals surface area contributed by atoms with E-state index in [1.54, 1.807) is 18.2 Å². The molecule has 0 bridgehead atoms. The number of aryl methyl sites for hydroxylation is 1. The fourth-order valence-corrected chi connectivity index (χ4v) is 4.07. The number of aromatic hydroxyl groups is 2. The number of likely N-dealkylation sites (N-methyl/N-ethyl adjacent to an activating group) is 1. The van der Waals surface area contributed by atoms with Crippen LogP contribution >= 0.6 is 0 Å². The van der Waals surface area contributed by atoms with Gasteiger partial charge in [-0.2, -0.15) is 0 Å². The highest BCUT2D eigenvalue weighted by Crippen LogP contribution is 2.46. The van der Waals surface area contributed by atoms with Gasteiger partial charge in [0.25, 0.3) is 0 Å². The summed E-state index contributed by atoms with van der Waals surface area (Å²) in [5.74, 6) is -0.316. The van der Waals surface area contributed by atoms with E-state index in [9.17, 15) is 14.6 Å². The Balaban J connectivity index is 1.95. The van der Waals surface area contributed by atoms with E-state index in [2.05, 4.69) is 4.90 Å². The number of nitrogens with zero attached hydrogens (tertiary/aromatic N) is 1. The molecule has 0 saturated heterocycles. The van der Waals surface area contributed by atoms with Crippen molar-refractivity contribution in [3.8, 4) is 11.5 Å². The summed E-state index contributed by atoms with van der Waals surface area (Å²) in [6, 6.07) is 8.84. The molecule has 2 N–H and O–H groups in total. The SMILES string of the molecule is CN1Cc2c(F)cccc2[C@@H]2c3cc(O)c(O)cc3CC[C@H]21. The van der Waals surface area contributed by atoms with E-state index in [0.717, 1.165) is 35.1 Å². The third-order valence-electron chi connectivity index (χ3n) is 5.13. The van der Waals surface area contributed by atoms with Gasteiger partial charge in [0.2, 0.25) is 0 Å². The summed E-state index contributed by atoms with van der Waals surface area (Å²) in [5.41, 5.74) is 3.80. The fourth-order valence-electron chi connectivity index (χ4n) is 4.07. The van der Waals surface area contributed by atoms with E-state index in [4.69, 9.17) is 0 Å². The first-order chi connectivity index (χ1) is 10.6. The van der Waals surface area contributed by atoms with Gasteiger partial charge >= 0.3 is 0 Å². The minimum Gasteiger partial charge on any atom is -0.504 e. The van der Waals surface area contributed by atoms with Crippen LogP contribution in [0.15, 0.2) is 30.3 Å². The van der Waals surface area contributed by atoms with Gasteiger partial charge < -0.3 is 10.2 Å². The zero-order chi connectivity index (χ0) is 15.4. The molecule has 2 aliphatic rings. The van der Waals surface area contributed by atoms with Crippen molar-refractivity contribution in [2.45, 2.75) is 31.3 Å². The molecule has 0 saturated carbocycles. The Morgan fingerprint density at radius 1 is 1.14 bits per heavy atom. The van der Waals surface area contributed by atoms with E-state index in [1.807, 2.05) is 13.1 Å². The number of hydrogen-bond acceptors (Lipinski definition) is 3. The molecular weight excluding hydrogens is 281 g/mol. The molecule has 2 aromatic rings. The van der Waals surface area contributed by atoms with E-state index in [-0.39, 0.29) is 23.2 Å². The maximum Gasteiger partial charge on any atom is 0.157 e. The third kappa shape index (κ3) is 1.83. The largest absolute Gasteiger partial charge is 0.504 e. The topological polar surface area (TPSA) is 43.7 Å². The van der Waals surface area contributed by atoms with Gasteiger partial charge in [0.05, 0.1) is 0 Å². The zero-order valence-corrected chi connectivity index (χ0v) is 12.4. The van der Waals surface area contributed by atoms with E-state index in [0.29, 0.717) is 12.6 Å². The lowest BCUT2D eigenvalue weighted by atomic mass is 9.71. The van der Waals surface area contributed by atoms with Crippen LogP contribution in [0.1, 0.15) is 34.6 Å². The molecule has 4 rings (SSSR count). The first-order valence-electron chi connectivity index (χ1n) is 7.58. The Morgan fingerprint density at radius 3 is 2.73 bits per heavy atom. The van der Waals surface area contributed by atoms with Crippen molar-refractivity contribution in [2.75, 3.05) is 7.05 Å². The van der Waals surface area contributed by atoms with Crippen LogP contribution in [0.2, 0.25) is 0 Å². The van der Waals surface area contributed by atoms with Crippen LogP contribution < -0.4 is 0 Å². The minimum atomic E-state index is -0.169. The molecule has 114 valence electrons. The summed E-state index contributed by atoms with van der Waals surface area (Å²) in [7, 11) is 2.03. The lowest BCUT2D eigenvalue weighted by Crippen LogP contribution is -2.44. The molecule has 1 aliphatic heterocycles. The number of phenolic OH excluding ortho intramolecular Hbond substituents is 2. The summed E-state index contributed by atoms with van der Waals surface area (Å²) in [4.78, 5) is 2.20. The van der Waals surface area contributed by atoms with Crippen molar-refractivity contribution < 1.29 is 14.6 Å². The Kier molecular flexibility index (Phi) is 2.91. The normalized spacial score (nSPS) is 23.5. The molecule has 0 amide bonds. The average molecular weight is 299 g/mol. The highest BCUT2D eigenvalue weighted by atomic mass is 19.1. The van der Waals surface area contributed by atoms with Gasteiger partial charge in [0.15, 0.2) is 11.5 Å². The molecule has 2 atom stereocenters. The van der Waals surface area contributed by atoms with Gasteiger partial charge in [0, 0.05) is 24.1 Å². The molecule has 4 heteroatoms. The first kappa shape index (κ1) is 13.6. The van der Waals surface area contributed by atoms with Crippen LogP contribution in [0.4, 0.5) is 4.39 Å². The number of hydrogen-bond donors (Lipinski definition) is 2. The molecule has 0 aromatic heterocycles. The van der Waals surface area contributed by atoms with Gasteiger partial charge in [-0.15, -0.1) is 0 Å². The molecule has 22 heavy (non-hydrogen) atoms. The smallest absolute Gasteiger partial charge is 0.157 e. The maximum absolute atomic E-state index is 14.2. The van der Waals surface area contributed by atoms with E-state index >= 15 is 0 Å². The van der Waals surface area contributed by atoms with Gasteiger partial charge in [-0.25, -0.2) is 4.39 Å². The standard InChI is InChI=1S/C18H18FNO2/c1-20-9-13-11(3-2-4-14(13)19)18-12-8-17(22)16(21)7-10(12)5-6-15(18)20/h2-4,7-8,15,18,21-22H,5-6,9H2,1H3/t15-,18-/m1/s1. The van der Waals surface area contributed by atoms with Crippen molar-refractivity contribution in [1.29, 1.82) is 0 Å². The van der Waals surface area contributed by atoms with Crippen molar-refractivity contribution in [3.05, 3.63) is 58.4 Å². The third-order valence-corrected chi connectivity index (χ3v) is 5.13. The van der Waals surface area contributed by atoms with Crippen LogP contribution in [-0.4, -0.2) is 28.2 Å². The molecule has 2 aromatic carbocycles. The summed E-state index contributed by atoms with van der Waals surface area (Å²) in [6.45, 7) is 0.614. The average Bonchev–Trinajstić information content (AvgIpc) is 2.49. The minimum absolute atomic E-state index is 0.0414. The molecule has 0 fully saturated rings. The van der Waals surface area contributed by atoms with Crippen LogP contribution in [0.25, 0.3) is 0 Å². The zero-order valence-electron chi connectivity index (χ0n) is 12.4. The number of rotatable bonds is 0. The van der Waals surface area contributed by atoms with Gasteiger partial charge in [-0.3, -0.25) is 4.90 Å². The first-order valence-corrected chi connectivity index (χ1v) is 7.58. The molecule has 1 heterocycles. The lowest BCUT2D eigenvalue weighted by molar-refractivity contribution is 0.175. The molecule has 0 radical (unpaired) electrons. The highest BCUT2D eigenvalue weighted by molar-refractivity contribution is 5.53.